The van der Waals surface area contributed by atoms with Crippen LogP contribution >= 0.6 is 0 Å². The van der Waals surface area contributed by atoms with Gasteiger partial charge >= 0.3 is 6.09 Å². The number of aryl methyl sites for hydroxylation is 1. The molecule has 2 aliphatic rings. The lowest BCUT2D eigenvalue weighted by molar-refractivity contribution is -0.123. The fourth-order valence-corrected chi connectivity index (χ4v) is 3.08. The van der Waals surface area contributed by atoms with E-state index in [-0.39, 0.29) is 30.5 Å². The molecule has 146 valence electrons. The summed E-state index contributed by atoms with van der Waals surface area (Å²) in [6, 6.07) is 4.78. The Morgan fingerprint density at radius 1 is 1.44 bits per heavy atom. The molecule has 1 aromatic carbocycles. The van der Waals surface area contributed by atoms with E-state index in [9.17, 15) is 14.0 Å². The zero-order valence-electron chi connectivity index (χ0n) is 15.5. The van der Waals surface area contributed by atoms with Crippen molar-refractivity contribution >= 4 is 12.0 Å². The molecule has 1 saturated carbocycles. The fourth-order valence-electron chi connectivity index (χ4n) is 3.08. The third-order valence-electron chi connectivity index (χ3n) is 5.09. The van der Waals surface area contributed by atoms with Gasteiger partial charge in [0.2, 0.25) is 0 Å². The van der Waals surface area contributed by atoms with Crippen LogP contribution in [0, 0.1) is 12.7 Å². The minimum absolute atomic E-state index is 0.192. The van der Waals surface area contributed by atoms with Gasteiger partial charge in [-0.05, 0) is 49.8 Å². The second kappa shape index (κ2) is 8.41. The first-order valence-corrected chi connectivity index (χ1v) is 9.24. The van der Waals surface area contributed by atoms with Crippen molar-refractivity contribution in [3.63, 3.8) is 0 Å². The number of carbonyl (C=O) groups is 2. The van der Waals surface area contributed by atoms with Crippen LogP contribution in [0.5, 0.6) is 5.75 Å². The predicted octanol–water partition coefficient (Wildman–Crippen LogP) is 2.95. The van der Waals surface area contributed by atoms with E-state index in [1.165, 1.54) is 6.07 Å². The highest BCUT2D eigenvalue weighted by Gasteiger charge is 2.39. The zero-order valence-corrected chi connectivity index (χ0v) is 15.5. The Hall–Kier alpha value is -2.57. The third-order valence-corrected chi connectivity index (χ3v) is 5.09. The second-order valence-electron chi connectivity index (χ2n) is 7.07. The number of benzene rings is 1. The van der Waals surface area contributed by atoms with Crippen LogP contribution in [0.3, 0.4) is 0 Å². The summed E-state index contributed by atoms with van der Waals surface area (Å²) in [6.45, 7) is 6.37. The number of halogens is 1. The first-order valence-electron chi connectivity index (χ1n) is 9.24. The van der Waals surface area contributed by atoms with E-state index in [1.807, 2.05) is 0 Å². The Bertz CT molecular complexity index is 733. The lowest BCUT2D eigenvalue weighted by Crippen LogP contribution is -2.41. The third kappa shape index (κ3) is 4.78. The molecule has 1 N–H and O–H groups in total. The van der Waals surface area contributed by atoms with Gasteiger partial charge in [-0.25, -0.2) is 9.18 Å². The van der Waals surface area contributed by atoms with E-state index in [4.69, 9.17) is 9.47 Å². The number of nitrogens with zero attached hydrogens (tertiary/aromatic N) is 1. The Labute approximate surface area is 158 Å². The van der Waals surface area contributed by atoms with Gasteiger partial charge in [-0.2, -0.15) is 0 Å². The predicted molar refractivity (Wildman–Crippen MR) is 98.0 cm³/mol. The summed E-state index contributed by atoms with van der Waals surface area (Å²) < 4.78 is 24.1. The number of cyclic esters (lactones) is 1. The van der Waals surface area contributed by atoms with Crippen LogP contribution in [0.25, 0.3) is 0 Å². The molecule has 1 heterocycles. The van der Waals surface area contributed by atoms with Crippen LogP contribution in [0.1, 0.15) is 31.2 Å². The van der Waals surface area contributed by atoms with E-state index in [1.54, 1.807) is 24.0 Å². The van der Waals surface area contributed by atoms with Crippen molar-refractivity contribution in [2.45, 2.75) is 44.8 Å². The van der Waals surface area contributed by atoms with Gasteiger partial charge in [-0.15, -0.1) is 0 Å². The van der Waals surface area contributed by atoms with Crippen LogP contribution in [-0.2, 0) is 9.53 Å². The molecular weight excluding hydrogens is 351 g/mol. The van der Waals surface area contributed by atoms with Crippen molar-refractivity contribution in [2.24, 2.45) is 0 Å². The van der Waals surface area contributed by atoms with Crippen LogP contribution in [0.15, 0.2) is 30.4 Å². The molecule has 1 atom stereocenters. The van der Waals surface area contributed by atoms with Gasteiger partial charge < -0.3 is 19.7 Å². The van der Waals surface area contributed by atoms with E-state index in [2.05, 4.69) is 11.9 Å². The maximum atomic E-state index is 13.4. The number of amides is 2. The van der Waals surface area contributed by atoms with Crippen molar-refractivity contribution in [1.29, 1.82) is 0 Å². The summed E-state index contributed by atoms with van der Waals surface area (Å²) >= 11 is 0. The minimum atomic E-state index is -0.369. The summed E-state index contributed by atoms with van der Waals surface area (Å²) in [4.78, 5) is 25.6. The molecule has 1 aliphatic heterocycles. The SMILES string of the molecule is C=C(CCNC(=O)COc1ccc(C)c(F)c1)C1CN(C2CCC2)C(=O)O1. The van der Waals surface area contributed by atoms with Crippen LogP contribution < -0.4 is 10.1 Å². The van der Waals surface area contributed by atoms with Crippen molar-refractivity contribution in [2.75, 3.05) is 19.7 Å². The fraction of sp³-hybridized carbons (Fsp3) is 0.500. The molecule has 1 saturated heterocycles. The first-order chi connectivity index (χ1) is 12.9. The Morgan fingerprint density at radius 2 is 2.22 bits per heavy atom. The van der Waals surface area contributed by atoms with Gasteiger partial charge in [0.25, 0.3) is 5.91 Å². The quantitative estimate of drug-likeness (QED) is 0.709. The second-order valence-corrected chi connectivity index (χ2v) is 7.07. The Kier molecular flexibility index (Phi) is 5.98. The number of carbonyl (C=O) groups excluding carboxylic acids is 2. The molecule has 0 spiro atoms. The molecule has 27 heavy (non-hydrogen) atoms. The number of hydrogen-bond donors (Lipinski definition) is 1. The lowest BCUT2D eigenvalue weighted by atomic mass is 9.91. The summed E-state index contributed by atoms with van der Waals surface area (Å²) in [5.74, 6) is -0.360. The molecule has 3 rings (SSSR count). The van der Waals surface area contributed by atoms with E-state index in [0.717, 1.165) is 24.8 Å². The molecule has 1 aliphatic carbocycles. The number of ether oxygens (including phenoxy) is 2. The molecule has 6 nitrogen and oxygen atoms in total. The standard InChI is InChI=1S/C20H25FN2O4/c1-13-6-7-16(10-17(13)21)26-12-19(24)22-9-8-14(2)18-11-23(20(25)27-18)15-4-3-5-15/h6-7,10,15,18H,2-5,8-9,11-12H2,1H3,(H,22,24). The molecule has 1 unspecified atom stereocenters. The molecule has 0 radical (unpaired) electrons. The smallest absolute Gasteiger partial charge is 0.410 e. The Balaban J connectivity index is 1.35. The minimum Gasteiger partial charge on any atom is -0.484 e. The highest BCUT2D eigenvalue weighted by molar-refractivity contribution is 5.77. The van der Waals surface area contributed by atoms with Crippen LogP contribution in [0.4, 0.5) is 9.18 Å². The van der Waals surface area contributed by atoms with E-state index < -0.39 is 0 Å². The Morgan fingerprint density at radius 3 is 2.89 bits per heavy atom. The van der Waals surface area contributed by atoms with Crippen LogP contribution in [0.2, 0.25) is 0 Å². The van der Waals surface area contributed by atoms with Crippen molar-refractivity contribution in [1.82, 2.24) is 10.2 Å². The maximum absolute atomic E-state index is 13.4. The summed E-state index contributed by atoms with van der Waals surface area (Å²) in [7, 11) is 0. The number of hydrogen-bond acceptors (Lipinski definition) is 4. The first kappa shape index (κ1) is 19.2. The highest BCUT2D eigenvalue weighted by Crippen LogP contribution is 2.30. The molecule has 0 bridgehead atoms. The van der Waals surface area contributed by atoms with Crippen molar-refractivity contribution in [3.8, 4) is 5.75 Å². The molecular formula is C20H25FN2O4. The van der Waals surface area contributed by atoms with Crippen molar-refractivity contribution in [3.05, 3.63) is 41.7 Å². The zero-order chi connectivity index (χ0) is 19.4. The van der Waals surface area contributed by atoms with Gasteiger partial charge in [0.1, 0.15) is 17.7 Å². The molecule has 7 heteroatoms. The summed E-state index contributed by atoms with van der Waals surface area (Å²) in [5, 5.41) is 2.73. The molecule has 2 amide bonds. The normalized spacial score (nSPS) is 19.4. The average molecular weight is 376 g/mol. The number of nitrogens with one attached hydrogen (secondary N) is 1. The van der Waals surface area contributed by atoms with Gasteiger partial charge in [-0.1, -0.05) is 12.6 Å². The topological polar surface area (TPSA) is 67.9 Å². The summed E-state index contributed by atoms with van der Waals surface area (Å²) in [5.41, 5.74) is 1.31. The summed E-state index contributed by atoms with van der Waals surface area (Å²) in [6.07, 6.45) is 3.16. The van der Waals surface area contributed by atoms with Gasteiger partial charge in [-0.3, -0.25) is 4.79 Å². The lowest BCUT2D eigenvalue weighted by Gasteiger charge is -2.32. The van der Waals surface area contributed by atoms with Crippen molar-refractivity contribution < 1.29 is 23.5 Å². The molecule has 1 aromatic rings. The van der Waals surface area contributed by atoms with Gasteiger partial charge in [0.15, 0.2) is 6.61 Å². The highest BCUT2D eigenvalue weighted by atomic mass is 19.1. The van der Waals surface area contributed by atoms with E-state index >= 15 is 0 Å². The maximum Gasteiger partial charge on any atom is 0.410 e. The average Bonchev–Trinajstić information content (AvgIpc) is 2.96. The molecule has 2 fully saturated rings. The number of rotatable bonds is 8. The van der Waals surface area contributed by atoms with Gasteiger partial charge in [0, 0.05) is 18.7 Å². The van der Waals surface area contributed by atoms with Gasteiger partial charge in [0.05, 0.1) is 6.54 Å². The molecule has 0 aromatic heterocycles. The largest absolute Gasteiger partial charge is 0.484 e. The van der Waals surface area contributed by atoms with E-state index in [0.29, 0.717) is 36.9 Å². The monoisotopic (exact) mass is 376 g/mol. The van der Waals surface area contributed by atoms with Crippen LogP contribution in [-0.4, -0.2) is 48.7 Å².